The highest BCUT2D eigenvalue weighted by Gasteiger charge is 2.19. The molecule has 5 heteroatoms. The summed E-state index contributed by atoms with van der Waals surface area (Å²) in [5.41, 5.74) is 1.45. The van der Waals surface area contributed by atoms with Crippen LogP contribution in [0, 0.1) is 5.92 Å². The standard InChI is InChI=1S/C16H26N4S/c1-5-13-7-8-21-16(13)14(17-6-2)9-15-18-11-19-20(15)10-12(3)4/h7-8,11-12,14,17H,5-6,9-10H2,1-4H3. The second-order valence-corrected chi connectivity index (χ2v) is 6.68. The van der Waals surface area contributed by atoms with E-state index in [0.29, 0.717) is 12.0 Å². The average Bonchev–Trinajstić information content (AvgIpc) is 3.07. The predicted molar refractivity (Wildman–Crippen MR) is 88.7 cm³/mol. The lowest BCUT2D eigenvalue weighted by Crippen LogP contribution is -2.25. The normalized spacial score (nSPS) is 13.0. The van der Waals surface area contributed by atoms with Gasteiger partial charge in [0.15, 0.2) is 0 Å². The maximum Gasteiger partial charge on any atom is 0.138 e. The third kappa shape index (κ3) is 4.14. The van der Waals surface area contributed by atoms with Gasteiger partial charge in [0, 0.05) is 23.9 Å². The van der Waals surface area contributed by atoms with Gasteiger partial charge in [0.25, 0.3) is 0 Å². The quantitative estimate of drug-likeness (QED) is 0.812. The molecule has 1 unspecified atom stereocenters. The Balaban J connectivity index is 2.19. The van der Waals surface area contributed by atoms with E-state index in [0.717, 1.165) is 31.8 Å². The Morgan fingerprint density at radius 3 is 2.81 bits per heavy atom. The van der Waals surface area contributed by atoms with Crippen molar-refractivity contribution < 1.29 is 0 Å². The van der Waals surface area contributed by atoms with E-state index in [4.69, 9.17) is 0 Å². The second kappa shape index (κ2) is 7.71. The minimum absolute atomic E-state index is 0.333. The monoisotopic (exact) mass is 306 g/mol. The lowest BCUT2D eigenvalue weighted by molar-refractivity contribution is 0.447. The molecule has 2 aromatic heterocycles. The fourth-order valence-corrected chi connectivity index (χ4v) is 3.65. The van der Waals surface area contributed by atoms with Crippen LogP contribution in [0.15, 0.2) is 17.8 Å². The highest BCUT2D eigenvalue weighted by Crippen LogP contribution is 2.27. The van der Waals surface area contributed by atoms with Crippen LogP contribution in [0.2, 0.25) is 0 Å². The molecule has 21 heavy (non-hydrogen) atoms. The van der Waals surface area contributed by atoms with Crippen molar-refractivity contribution in [2.75, 3.05) is 6.54 Å². The van der Waals surface area contributed by atoms with Crippen LogP contribution in [0.1, 0.15) is 50.0 Å². The van der Waals surface area contributed by atoms with Gasteiger partial charge in [-0.3, -0.25) is 0 Å². The molecule has 2 rings (SSSR count). The molecule has 2 heterocycles. The molecule has 0 spiro atoms. The first kappa shape index (κ1) is 16.2. The van der Waals surface area contributed by atoms with E-state index < -0.39 is 0 Å². The van der Waals surface area contributed by atoms with Crippen LogP contribution in [0.4, 0.5) is 0 Å². The molecule has 0 aromatic carbocycles. The number of rotatable bonds is 8. The number of nitrogens with one attached hydrogen (secondary N) is 1. The zero-order chi connectivity index (χ0) is 15.2. The van der Waals surface area contributed by atoms with Gasteiger partial charge in [-0.25, -0.2) is 9.67 Å². The number of aryl methyl sites for hydroxylation is 1. The van der Waals surface area contributed by atoms with E-state index in [1.54, 1.807) is 6.33 Å². The van der Waals surface area contributed by atoms with Gasteiger partial charge in [0.1, 0.15) is 12.2 Å². The predicted octanol–water partition coefficient (Wildman–Crippen LogP) is 3.45. The van der Waals surface area contributed by atoms with Crippen molar-refractivity contribution in [3.8, 4) is 0 Å². The third-order valence-electron chi connectivity index (χ3n) is 3.55. The van der Waals surface area contributed by atoms with Gasteiger partial charge in [-0.05, 0) is 35.9 Å². The SMILES string of the molecule is CCNC(Cc1ncnn1CC(C)C)c1sccc1CC. The Morgan fingerprint density at radius 2 is 2.14 bits per heavy atom. The highest BCUT2D eigenvalue weighted by atomic mass is 32.1. The molecule has 4 nitrogen and oxygen atoms in total. The zero-order valence-electron chi connectivity index (χ0n) is 13.5. The molecular weight excluding hydrogens is 280 g/mol. The summed E-state index contributed by atoms with van der Waals surface area (Å²) < 4.78 is 2.05. The average molecular weight is 306 g/mol. The highest BCUT2D eigenvalue weighted by molar-refractivity contribution is 7.10. The molecule has 0 radical (unpaired) electrons. The number of likely N-dealkylation sites (N-methyl/N-ethyl adjacent to an activating group) is 1. The summed E-state index contributed by atoms with van der Waals surface area (Å²) in [6.45, 7) is 10.7. The summed E-state index contributed by atoms with van der Waals surface area (Å²) in [5, 5.41) is 10.2. The number of aromatic nitrogens is 3. The van der Waals surface area contributed by atoms with E-state index in [1.165, 1.54) is 10.4 Å². The molecule has 1 N–H and O–H groups in total. The molecule has 0 saturated carbocycles. The fourth-order valence-electron chi connectivity index (χ4n) is 2.58. The van der Waals surface area contributed by atoms with Crippen LogP contribution in [0.5, 0.6) is 0 Å². The van der Waals surface area contributed by atoms with Gasteiger partial charge < -0.3 is 5.32 Å². The van der Waals surface area contributed by atoms with Crippen molar-refractivity contribution >= 4 is 11.3 Å². The second-order valence-electron chi connectivity index (χ2n) is 5.73. The third-order valence-corrected chi connectivity index (χ3v) is 4.62. The summed E-state index contributed by atoms with van der Waals surface area (Å²) in [6, 6.07) is 2.57. The minimum atomic E-state index is 0.333. The van der Waals surface area contributed by atoms with Gasteiger partial charge in [0.2, 0.25) is 0 Å². The maximum absolute atomic E-state index is 4.47. The van der Waals surface area contributed by atoms with Gasteiger partial charge in [-0.2, -0.15) is 5.10 Å². The van der Waals surface area contributed by atoms with Crippen molar-refractivity contribution in [1.82, 2.24) is 20.1 Å². The number of hydrogen-bond donors (Lipinski definition) is 1. The molecule has 0 bridgehead atoms. The van der Waals surface area contributed by atoms with Gasteiger partial charge in [0.05, 0.1) is 0 Å². The van der Waals surface area contributed by atoms with E-state index >= 15 is 0 Å². The Bertz CT molecular complexity index is 544. The molecule has 1 atom stereocenters. The van der Waals surface area contributed by atoms with Crippen molar-refractivity contribution in [1.29, 1.82) is 0 Å². The first-order chi connectivity index (χ1) is 10.2. The Morgan fingerprint density at radius 1 is 1.33 bits per heavy atom. The molecule has 0 aliphatic heterocycles. The van der Waals surface area contributed by atoms with Crippen LogP contribution in [-0.4, -0.2) is 21.3 Å². The van der Waals surface area contributed by atoms with Crippen molar-refractivity contribution in [3.05, 3.63) is 34.0 Å². The summed E-state index contributed by atoms with van der Waals surface area (Å²) in [6.07, 6.45) is 3.66. The van der Waals surface area contributed by atoms with E-state index in [2.05, 4.69) is 54.5 Å². The van der Waals surface area contributed by atoms with Crippen LogP contribution in [-0.2, 0) is 19.4 Å². The molecule has 0 fully saturated rings. The minimum Gasteiger partial charge on any atom is -0.309 e. The Kier molecular flexibility index (Phi) is 5.94. The molecule has 0 aliphatic rings. The lowest BCUT2D eigenvalue weighted by atomic mass is 10.1. The van der Waals surface area contributed by atoms with Crippen LogP contribution in [0.25, 0.3) is 0 Å². The maximum atomic E-state index is 4.47. The summed E-state index contributed by atoms with van der Waals surface area (Å²) in [4.78, 5) is 5.92. The summed E-state index contributed by atoms with van der Waals surface area (Å²) in [7, 11) is 0. The van der Waals surface area contributed by atoms with Crippen LogP contribution in [0.3, 0.4) is 0 Å². The molecule has 116 valence electrons. The molecule has 2 aromatic rings. The lowest BCUT2D eigenvalue weighted by Gasteiger charge is -2.18. The van der Waals surface area contributed by atoms with Crippen LogP contribution >= 0.6 is 11.3 Å². The molecule has 0 aliphatic carbocycles. The summed E-state index contributed by atoms with van der Waals surface area (Å²) in [5.74, 6) is 1.65. The Hall–Kier alpha value is -1.20. The fraction of sp³-hybridized carbons (Fsp3) is 0.625. The van der Waals surface area contributed by atoms with Gasteiger partial charge in [-0.15, -0.1) is 11.3 Å². The first-order valence-corrected chi connectivity index (χ1v) is 8.69. The first-order valence-electron chi connectivity index (χ1n) is 7.82. The van der Waals surface area contributed by atoms with Crippen molar-refractivity contribution in [2.24, 2.45) is 5.92 Å². The molecule has 0 saturated heterocycles. The van der Waals surface area contributed by atoms with E-state index in [1.807, 2.05) is 16.0 Å². The number of thiophene rings is 1. The van der Waals surface area contributed by atoms with Gasteiger partial charge in [-0.1, -0.05) is 27.7 Å². The largest absolute Gasteiger partial charge is 0.309 e. The van der Waals surface area contributed by atoms with E-state index in [9.17, 15) is 0 Å². The number of nitrogens with zero attached hydrogens (tertiary/aromatic N) is 3. The van der Waals surface area contributed by atoms with Crippen molar-refractivity contribution in [3.63, 3.8) is 0 Å². The van der Waals surface area contributed by atoms with Crippen molar-refractivity contribution in [2.45, 2.75) is 53.1 Å². The van der Waals surface area contributed by atoms with Crippen LogP contribution < -0.4 is 5.32 Å². The Labute approximate surface area is 131 Å². The van der Waals surface area contributed by atoms with Gasteiger partial charge >= 0.3 is 0 Å². The molecular formula is C16H26N4S. The smallest absolute Gasteiger partial charge is 0.138 e. The summed E-state index contributed by atoms with van der Waals surface area (Å²) >= 11 is 1.84. The number of hydrogen-bond acceptors (Lipinski definition) is 4. The van der Waals surface area contributed by atoms with E-state index in [-0.39, 0.29) is 0 Å². The zero-order valence-corrected chi connectivity index (χ0v) is 14.3. The topological polar surface area (TPSA) is 42.7 Å². The molecule has 0 amide bonds.